The van der Waals surface area contributed by atoms with Crippen molar-refractivity contribution < 1.29 is 28.4 Å². The third-order valence-electron chi connectivity index (χ3n) is 4.98. The van der Waals surface area contributed by atoms with E-state index in [4.69, 9.17) is 28.4 Å². The van der Waals surface area contributed by atoms with Gasteiger partial charge in [0.2, 0.25) is 5.79 Å². The Bertz CT molecular complexity index is 487. The Morgan fingerprint density at radius 2 is 1.24 bits per heavy atom. The minimum Gasteiger partial charge on any atom is -0.348 e. The van der Waals surface area contributed by atoms with Crippen molar-refractivity contribution in [3.8, 4) is 0 Å². The summed E-state index contributed by atoms with van der Waals surface area (Å²) in [4.78, 5) is 0. The van der Waals surface area contributed by atoms with Crippen LogP contribution in [0.3, 0.4) is 0 Å². The van der Waals surface area contributed by atoms with Crippen LogP contribution in [0.2, 0.25) is 0 Å². The molecule has 4 saturated heterocycles. The van der Waals surface area contributed by atoms with Gasteiger partial charge in [0.25, 0.3) is 0 Å². The van der Waals surface area contributed by atoms with E-state index in [0.29, 0.717) is 13.2 Å². The molecule has 21 heavy (non-hydrogen) atoms. The monoisotopic (exact) mass is 300 g/mol. The van der Waals surface area contributed by atoms with E-state index in [1.165, 1.54) is 0 Å². The standard InChI is InChI=1S/C15H24O6/c1-11(2)14(9-7-16-12(3,4)18-9)15(20-11,21-14)10-8-17-13(5,6)19-10/h9-10H,7-8H2,1-6H3/t9-,10+,14-,15+/m0/s1. The fraction of sp³-hybridized carbons (Fsp3) is 1.00. The minimum atomic E-state index is -0.765. The van der Waals surface area contributed by atoms with E-state index >= 15 is 0 Å². The van der Waals surface area contributed by atoms with Gasteiger partial charge in [-0.3, -0.25) is 0 Å². The van der Waals surface area contributed by atoms with Gasteiger partial charge in [-0.2, -0.15) is 0 Å². The summed E-state index contributed by atoms with van der Waals surface area (Å²) >= 11 is 0. The fourth-order valence-electron chi connectivity index (χ4n) is 4.07. The first-order chi connectivity index (χ1) is 9.54. The molecule has 0 spiro atoms. The van der Waals surface area contributed by atoms with Crippen molar-refractivity contribution in [1.82, 2.24) is 0 Å². The number of fused-ring (bicyclic) bond motifs is 1. The van der Waals surface area contributed by atoms with E-state index in [2.05, 4.69) is 0 Å². The third-order valence-corrected chi connectivity index (χ3v) is 4.98. The van der Waals surface area contributed by atoms with Crippen LogP contribution < -0.4 is 0 Å². The molecule has 4 heterocycles. The highest BCUT2D eigenvalue weighted by molar-refractivity contribution is 5.34. The quantitative estimate of drug-likeness (QED) is 0.721. The smallest absolute Gasteiger partial charge is 0.234 e. The molecule has 0 aliphatic carbocycles. The molecule has 4 aliphatic heterocycles. The second-order valence-corrected chi connectivity index (χ2v) is 7.75. The van der Waals surface area contributed by atoms with Gasteiger partial charge in [0.15, 0.2) is 17.2 Å². The maximum atomic E-state index is 6.14. The highest BCUT2D eigenvalue weighted by atomic mass is 16.9. The molecule has 4 aliphatic rings. The largest absolute Gasteiger partial charge is 0.348 e. The summed E-state index contributed by atoms with van der Waals surface area (Å²) in [5.74, 6) is -1.96. The molecule has 0 aromatic carbocycles. The molecule has 0 amide bonds. The zero-order valence-corrected chi connectivity index (χ0v) is 13.5. The van der Waals surface area contributed by atoms with Gasteiger partial charge in [0, 0.05) is 0 Å². The molecule has 4 atom stereocenters. The first kappa shape index (κ1) is 14.4. The Labute approximate surface area is 125 Å². The molecule has 0 aromatic rings. The summed E-state index contributed by atoms with van der Waals surface area (Å²) in [6.07, 6.45) is -0.406. The first-order valence-corrected chi connectivity index (χ1v) is 7.58. The molecular weight excluding hydrogens is 276 g/mol. The highest BCUT2D eigenvalue weighted by Crippen LogP contribution is 2.72. The number of hydrogen-bond acceptors (Lipinski definition) is 6. The molecule has 4 rings (SSSR count). The Hall–Kier alpha value is -0.240. The van der Waals surface area contributed by atoms with Gasteiger partial charge in [-0.05, 0) is 41.5 Å². The molecule has 0 unspecified atom stereocenters. The lowest BCUT2D eigenvalue weighted by Gasteiger charge is -2.48. The van der Waals surface area contributed by atoms with Crippen LogP contribution in [0.4, 0.5) is 0 Å². The Kier molecular flexibility index (Phi) is 2.48. The number of ether oxygens (including phenoxy) is 6. The summed E-state index contributed by atoms with van der Waals surface area (Å²) in [6.45, 7) is 12.6. The Morgan fingerprint density at radius 1 is 0.714 bits per heavy atom. The van der Waals surface area contributed by atoms with Gasteiger partial charge in [-0.25, -0.2) is 0 Å². The summed E-state index contributed by atoms with van der Waals surface area (Å²) in [5.41, 5.74) is -0.959. The van der Waals surface area contributed by atoms with E-state index in [0.717, 1.165) is 0 Å². The lowest BCUT2D eigenvalue weighted by atomic mass is 9.73. The van der Waals surface area contributed by atoms with Crippen LogP contribution in [0.1, 0.15) is 41.5 Å². The van der Waals surface area contributed by atoms with Crippen LogP contribution in [0.25, 0.3) is 0 Å². The predicted molar refractivity (Wildman–Crippen MR) is 71.5 cm³/mol. The van der Waals surface area contributed by atoms with E-state index in [9.17, 15) is 0 Å². The maximum absolute atomic E-state index is 6.14. The maximum Gasteiger partial charge on any atom is 0.234 e. The molecule has 0 N–H and O–H groups in total. The van der Waals surface area contributed by atoms with Gasteiger partial charge in [-0.15, -0.1) is 0 Å². The molecule has 6 heteroatoms. The van der Waals surface area contributed by atoms with Crippen molar-refractivity contribution in [2.45, 2.75) is 82.3 Å². The molecule has 6 nitrogen and oxygen atoms in total. The van der Waals surface area contributed by atoms with Crippen molar-refractivity contribution in [1.29, 1.82) is 0 Å². The Balaban J connectivity index is 1.60. The first-order valence-electron chi connectivity index (χ1n) is 7.58. The molecule has 4 fully saturated rings. The van der Waals surface area contributed by atoms with Crippen molar-refractivity contribution in [2.24, 2.45) is 0 Å². The number of hydrogen-bond donors (Lipinski definition) is 0. The van der Waals surface area contributed by atoms with Crippen molar-refractivity contribution in [3.63, 3.8) is 0 Å². The molecular formula is C15H24O6. The molecule has 0 bridgehead atoms. The lowest BCUT2D eigenvalue weighted by molar-refractivity contribution is -0.277. The van der Waals surface area contributed by atoms with E-state index < -0.39 is 28.6 Å². The number of epoxide rings is 1. The van der Waals surface area contributed by atoms with E-state index in [1.54, 1.807) is 0 Å². The predicted octanol–water partition coefficient (Wildman–Crippen LogP) is 1.56. The summed E-state index contributed by atoms with van der Waals surface area (Å²) in [6, 6.07) is 0. The highest BCUT2D eigenvalue weighted by Gasteiger charge is 2.95. The summed E-state index contributed by atoms with van der Waals surface area (Å²) in [7, 11) is 0. The minimum absolute atomic E-state index is 0.163. The molecule has 0 aromatic heterocycles. The normalized spacial score (nSPS) is 52.3. The second-order valence-electron chi connectivity index (χ2n) is 7.75. The van der Waals surface area contributed by atoms with Gasteiger partial charge in [-0.1, -0.05) is 0 Å². The topological polar surface area (TPSA) is 58.7 Å². The van der Waals surface area contributed by atoms with Gasteiger partial charge < -0.3 is 28.4 Å². The summed E-state index contributed by atoms with van der Waals surface area (Å²) < 4.78 is 35.6. The van der Waals surface area contributed by atoms with Crippen LogP contribution in [0.5, 0.6) is 0 Å². The van der Waals surface area contributed by atoms with Gasteiger partial charge >= 0.3 is 0 Å². The average Bonchev–Trinajstić information content (AvgIpc) is 2.59. The van der Waals surface area contributed by atoms with Gasteiger partial charge in [0.1, 0.15) is 17.8 Å². The van der Waals surface area contributed by atoms with Crippen LogP contribution in [0, 0.1) is 0 Å². The van der Waals surface area contributed by atoms with Crippen LogP contribution >= 0.6 is 0 Å². The Morgan fingerprint density at radius 3 is 1.67 bits per heavy atom. The van der Waals surface area contributed by atoms with E-state index in [-0.39, 0.29) is 12.2 Å². The zero-order chi connectivity index (χ0) is 15.3. The lowest BCUT2D eigenvalue weighted by Crippen LogP contribution is -2.70. The van der Waals surface area contributed by atoms with Gasteiger partial charge in [0.05, 0.1) is 13.2 Å². The number of rotatable bonds is 2. The third kappa shape index (κ3) is 1.63. The fourth-order valence-corrected chi connectivity index (χ4v) is 4.07. The van der Waals surface area contributed by atoms with Crippen LogP contribution in [-0.4, -0.2) is 54.0 Å². The molecule has 0 radical (unpaired) electrons. The van der Waals surface area contributed by atoms with Crippen LogP contribution in [-0.2, 0) is 28.4 Å². The second kappa shape index (κ2) is 3.63. The van der Waals surface area contributed by atoms with Crippen molar-refractivity contribution >= 4 is 0 Å². The SMILES string of the molecule is CC1(C)OC[C@@H]([C@@]23O[C@@]2([C@H]2COC(C)(C)O2)OC3(C)C)O1. The zero-order valence-electron chi connectivity index (χ0n) is 13.5. The average molecular weight is 300 g/mol. The van der Waals surface area contributed by atoms with Crippen molar-refractivity contribution in [3.05, 3.63) is 0 Å². The summed E-state index contributed by atoms with van der Waals surface area (Å²) in [5, 5.41) is 0. The van der Waals surface area contributed by atoms with Crippen molar-refractivity contribution in [2.75, 3.05) is 13.2 Å². The molecule has 120 valence electrons. The van der Waals surface area contributed by atoms with E-state index in [1.807, 2.05) is 41.5 Å². The van der Waals surface area contributed by atoms with Crippen LogP contribution in [0.15, 0.2) is 0 Å². The molecule has 0 saturated carbocycles.